The number of alkyl halides is 3. The molecular formula is C11H17F3N2O4. The van der Waals surface area contributed by atoms with Gasteiger partial charge in [0, 0.05) is 26.1 Å². The summed E-state index contributed by atoms with van der Waals surface area (Å²) in [5.74, 6) is -2.93. The van der Waals surface area contributed by atoms with E-state index >= 15 is 0 Å². The van der Waals surface area contributed by atoms with Crippen molar-refractivity contribution < 1.29 is 33.0 Å². The predicted octanol–water partition coefficient (Wildman–Crippen LogP) is 0.806. The molecule has 9 heteroatoms. The molecule has 20 heavy (non-hydrogen) atoms. The van der Waals surface area contributed by atoms with E-state index in [0.717, 1.165) is 4.90 Å². The number of rotatable bonds is 4. The topological polar surface area (TPSA) is 89.9 Å². The summed E-state index contributed by atoms with van der Waals surface area (Å²) in [6.45, 7) is -0.268. The lowest BCUT2D eigenvalue weighted by Gasteiger charge is -2.33. The van der Waals surface area contributed by atoms with Crippen LogP contribution < -0.4 is 5.32 Å². The fourth-order valence-corrected chi connectivity index (χ4v) is 1.98. The van der Waals surface area contributed by atoms with Gasteiger partial charge in [0.05, 0.1) is 5.92 Å². The van der Waals surface area contributed by atoms with Crippen LogP contribution in [0.4, 0.5) is 18.0 Å². The average Bonchev–Trinajstić information content (AvgIpc) is 2.37. The highest BCUT2D eigenvalue weighted by Crippen LogP contribution is 2.32. The Labute approximate surface area is 113 Å². The third-order valence-electron chi connectivity index (χ3n) is 3.15. The van der Waals surface area contributed by atoms with E-state index < -0.39 is 36.7 Å². The quantitative estimate of drug-likeness (QED) is 0.716. The number of likely N-dealkylation sites (tertiary alicyclic amines) is 1. The number of carboxylic acids is 1. The number of halogens is 3. The molecule has 1 unspecified atom stereocenters. The first-order valence-corrected chi connectivity index (χ1v) is 6.22. The summed E-state index contributed by atoms with van der Waals surface area (Å²) in [7, 11) is 0. The van der Waals surface area contributed by atoms with Crippen LogP contribution in [0.2, 0.25) is 0 Å². The van der Waals surface area contributed by atoms with Crippen LogP contribution in [0.3, 0.4) is 0 Å². The maximum atomic E-state index is 12.6. The Morgan fingerprint density at radius 1 is 1.40 bits per heavy atom. The van der Waals surface area contributed by atoms with Crippen LogP contribution in [0.5, 0.6) is 0 Å². The maximum absolute atomic E-state index is 12.6. The second kappa shape index (κ2) is 6.78. The van der Waals surface area contributed by atoms with Gasteiger partial charge in [-0.15, -0.1) is 0 Å². The predicted molar refractivity (Wildman–Crippen MR) is 62.0 cm³/mol. The van der Waals surface area contributed by atoms with E-state index in [1.54, 1.807) is 0 Å². The molecule has 0 aromatic rings. The van der Waals surface area contributed by atoms with Crippen molar-refractivity contribution in [3.05, 3.63) is 0 Å². The molecule has 0 bridgehead atoms. The number of urea groups is 1. The number of carbonyl (C=O) groups is 2. The van der Waals surface area contributed by atoms with Gasteiger partial charge in [-0.2, -0.15) is 13.2 Å². The molecule has 1 fully saturated rings. The van der Waals surface area contributed by atoms with Gasteiger partial charge in [0.25, 0.3) is 0 Å². The molecule has 0 saturated carbocycles. The number of piperidine rings is 1. The Morgan fingerprint density at radius 2 is 2.05 bits per heavy atom. The number of hydrogen-bond acceptors (Lipinski definition) is 3. The van der Waals surface area contributed by atoms with Crippen molar-refractivity contribution in [3.8, 4) is 0 Å². The lowest BCUT2D eigenvalue weighted by molar-refractivity contribution is -0.184. The van der Waals surface area contributed by atoms with Gasteiger partial charge in [-0.1, -0.05) is 0 Å². The van der Waals surface area contributed by atoms with Gasteiger partial charge >= 0.3 is 18.2 Å². The zero-order valence-corrected chi connectivity index (χ0v) is 10.7. The Hall–Kier alpha value is -1.51. The minimum atomic E-state index is -4.32. The van der Waals surface area contributed by atoms with Crippen molar-refractivity contribution >= 4 is 12.0 Å². The van der Waals surface area contributed by atoms with Crippen LogP contribution in [0.1, 0.15) is 19.3 Å². The van der Waals surface area contributed by atoms with Gasteiger partial charge in [0.1, 0.15) is 0 Å². The van der Waals surface area contributed by atoms with E-state index in [1.807, 2.05) is 0 Å². The monoisotopic (exact) mass is 298 g/mol. The van der Waals surface area contributed by atoms with Crippen molar-refractivity contribution in [2.75, 3.05) is 19.6 Å². The second-order valence-electron chi connectivity index (χ2n) is 4.70. The van der Waals surface area contributed by atoms with Crippen LogP contribution in [0.15, 0.2) is 0 Å². The Balaban J connectivity index is 2.38. The largest absolute Gasteiger partial charge is 0.479 e. The molecule has 0 aromatic heterocycles. The lowest BCUT2D eigenvalue weighted by atomic mass is 9.98. The summed E-state index contributed by atoms with van der Waals surface area (Å²) in [6, 6.07) is -0.670. The summed E-state index contributed by atoms with van der Waals surface area (Å²) in [6.07, 6.45) is -5.84. The first-order valence-electron chi connectivity index (χ1n) is 6.22. The third-order valence-corrected chi connectivity index (χ3v) is 3.15. The van der Waals surface area contributed by atoms with Crippen LogP contribution in [0, 0.1) is 5.92 Å². The zero-order valence-electron chi connectivity index (χ0n) is 10.7. The molecule has 116 valence electrons. The van der Waals surface area contributed by atoms with E-state index in [0.29, 0.717) is 0 Å². The molecule has 3 N–H and O–H groups in total. The Morgan fingerprint density at radius 3 is 2.60 bits per heavy atom. The first-order chi connectivity index (χ1) is 9.21. The van der Waals surface area contributed by atoms with Crippen molar-refractivity contribution in [2.45, 2.75) is 31.5 Å². The number of aliphatic carboxylic acids is 1. The van der Waals surface area contributed by atoms with Crippen molar-refractivity contribution in [3.63, 3.8) is 0 Å². The van der Waals surface area contributed by atoms with Crippen LogP contribution in [-0.4, -0.2) is 59.0 Å². The molecule has 1 heterocycles. The lowest BCUT2D eigenvalue weighted by Crippen LogP contribution is -2.49. The third kappa shape index (κ3) is 4.87. The van der Waals surface area contributed by atoms with Gasteiger partial charge in [-0.05, 0) is 12.8 Å². The fraction of sp³-hybridized carbons (Fsp3) is 0.818. The standard InChI is InChI=1S/C11H17F3N2O4/c12-11(13,14)7-2-1-5-16(6-7)10(20)15-4-3-8(17)9(18)19/h7-8,17H,1-6H2,(H,15,20)(H,18,19)/t7?,8-/m0/s1. The van der Waals surface area contributed by atoms with E-state index in [4.69, 9.17) is 10.2 Å². The highest BCUT2D eigenvalue weighted by Gasteiger charge is 2.42. The van der Waals surface area contributed by atoms with E-state index in [9.17, 15) is 22.8 Å². The fourth-order valence-electron chi connectivity index (χ4n) is 1.98. The highest BCUT2D eigenvalue weighted by molar-refractivity contribution is 5.74. The van der Waals surface area contributed by atoms with Crippen molar-refractivity contribution in [1.82, 2.24) is 10.2 Å². The normalized spacial score (nSPS) is 21.4. The van der Waals surface area contributed by atoms with Crippen molar-refractivity contribution in [1.29, 1.82) is 0 Å². The molecule has 1 saturated heterocycles. The molecule has 6 nitrogen and oxygen atoms in total. The van der Waals surface area contributed by atoms with E-state index in [-0.39, 0.29) is 32.4 Å². The SMILES string of the molecule is O=C(O)[C@@H](O)CCNC(=O)N1CCCC(C(F)(F)F)C1. The average molecular weight is 298 g/mol. The number of nitrogens with zero attached hydrogens (tertiary/aromatic N) is 1. The van der Waals surface area contributed by atoms with Crippen molar-refractivity contribution in [2.24, 2.45) is 5.92 Å². The van der Waals surface area contributed by atoms with Gasteiger partial charge in [-0.25, -0.2) is 9.59 Å². The van der Waals surface area contributed by atoms with E-state index in [2.05, 4.69) is 5.32 Å². The number of carbonyl (C=O) groups excluding carboxylic acids is 1. The number of aliphatic hydroxyl groups excluding tert-OH is 1. The molecule has 2 amide bonds. The summed E-state index contributed by atoms with van der Waals surface area (Å²) in [5.41, 5.74) is 0. The minimum absolute atomic E-state index is 0.00497. The summed E-state index contributed by atoms with van der Waals surface area (Å²) >= 11 is 0. The molecular weight excluding hydrogens is 281 g/mol. The van der Waals surface area contributed by atoms with Gasteiger partial charge < -0.3 is 20.4 Å². The van der Waals surface area contributed by atoms with Gasteiger partial charge in [0.15, 0.2) is 6.10 Å². The molecule has 0 aromatic carbocycles. The molecule has 0 aliphatic carbocycles. The van der Waals surface area contributed by atoms with Gasteiger partial charge in [-0.3, -0.25) is 0 Å². The smallest absolute Gasteiger partial charge is 0.393 e. The summed E-state index contributed by atoms with van der Waals surface area (Å²) in [5, 5.41) is 19.7. The van der Waals surface area contributed by atoms with Crippen LogP contribution >= 0.6 is 0 Å². The molecule has 0 radical (unpaired) electrons. The zero-order chi connectivity index (χ0) is 15.3. The highest BCUT2D eigenvalue weighted by atomic mass is 19.4. The van der Waals surface area contributed by atoms with Crippen LogP contribution in [-0.2, 0) is 4.79 Å². The number of carboxylic acid groups (broad SMARTS) is 1. The maximum Gasteiger partial charge on any atom is 0.393 e. The molecule has 2 atom stereocenters. The van der Waals surface area contributed by atoms with Gasteiger partial charge in [0.2, 0.25) is 0 Å². The molecule has 0 spiro atoms. The number of aliphatic hydroxyl groups is 1. The molecule has 1 aliphatic rings. The number of nitrogens with one attached hydrogen (secondary N) is 1. The number of amides is 2. The second-order valence-corrected chi connectivity index (χ2v) is 4.70. The van der Waals surface area contributed by atoms with Crippen LogP contribution in [0.25, 0.3) is 0 Å². The molecule has 1 rings (SSSR count). The Kier molecular flexibility index (Phi) is 5.61. The number of hydrogen-bond donors (Lipinski definition) is 3. The summed E-state index contributed by atoms with van der Waals surface area (Å²) < 4.78 is 37.7. The Bertz CT molecular complexity index is 362. The molecule has 1 aliphatic heterocycles. The first kappa shape index (κ1) is 16.5. The summed E-state index contributed by atoms with van der Waals surface area (Å²) in [4.78, 5) is 23.0. The van der Waals surface area contributed by atoms with E-state index in [1.165, 1.54) is 0 Å². The minimum Gasteiger partial charge on any atom is -0.479 e.